The highest BCUT2D eigenvalue weighted by molar-refractivity contribution is 7.92. The van der Waals surface area contributed by atoms with E-state index in [4.69, 9.17) is 0 Å². The Morgan fingerprint density at radius 3 is 2.46 bits per heavy atom. The van der Waals surface area contributed by atoms with E-state index in [0.29, 0.717) is 46.0 Å². The molecular formula is C29H27N5O4S. The predicted octanol–water partition coefficient (Wildman–Crippen LogP) is 5.03. The number of carbonyl (C=O) groups is 2. The van der Waals surface area contributed by atoms with E-state index in [2.05, 4.69) is 20.9 Å². The molecule has 198 valence electrons. The summed E-state index contributed by atoms with van der Waals surface area (Å²) in [6.07, 6.45) is 3.66. The average molecular weight is 542 g/mol. The molecule has 1 aliphatic heterocycles. The maximum atomic E-state index is 13.1. The van der Waals surface area contributed by atoms with Gasteiger partial charge in [0.05, 0.1) is 34.6 Å². The number of hydrogen-bond donors (Lipinski definition) is 3. The van der Waals surface area contributed by atoms with Crippen molar-refractivity contribution in [3.63, 3.8) is 0 Å². The van der Waals surface area contributed by atoms with Gasteiger partial charge >= 0.3 is 0 Å². The fourth-order valence-corrected chi connectivity index (χ4v) is 4.88. The van der Waals surface area contributed by atoms with Gasteiger partial charge in [0.1, 0.15) is 0 Å². The lowest BCUT2D eigenvalue weighted by molar-refractivity contribution is -0.116. The van der Waals surface area contributed by atoms with Crippen molar-refractivity contribution in [3.05, 3.63) is 96.3 Å². The van der Waals surface area contributed by atoms with Gasteiger partial charge in [-0.3, -0.25) is 18.9 Å². The molecule has 2 heterocycles. The van der Waals surface area contributed by atoms with Crippen LogP contribution in [0.3, 0.4) is 0 Å². The van der Waals surface area contributed by atoms with Crippen LogP contribution in [-0.2, 0) is 21.2 Å². The molecule has 4 aromatic rings. The maximum Gasteiger partial charge on any atom is 0.257 e. The van der Waals surface area contributed by atoms with E-state index in [0.717, 1.165) is 17.5 Å². The lowest BCUT2D eigenvalue weighted by Gasteiger charge is -2.21. The predicted molar refractivity (Wildman–Crippen MR) is 154 cm³/mol. The van der Waals surface area contributed by atoms with Crippen LogP contribution in [0, 0.1) is 0 Å². The maximum absolute atomic E-state index is 13.1. The van der Waals surface area contributed by atoms with Gasteiger partial charge in [0.25, 0.3) is 5.91 Å². The SMILES string of the molecule is CN(c1ccccc1-c1ccc2c(c1)Nc1ccc(NC(=O)CCc3ccccn3)cc1NC2=O)S(C)(=O)=O. The Kier molecular flexibility index (Phi) is 7.03. The number of benzene rings is 3. The fraction of sp³-hybridized carbons (Fsp3) is 0.138. The summed E-state index contributed by atoms with van der Waals surface area (Å²) in [7, 11) is -1.96. The first-order chi connectivity index (χ1) is 18.7. The van der Waals surface area contributed by atoms with E-state index in [-0.39, 0.29) is 18.2 Å². The molecule has 2 amide bonds. The fourth-order valence-electron chi connectivity index (χ4n) is 4.36. The van der Waals surface area contributed by atoms with E-state index in [1.807, 2.05) is 36.4 Å². The molecule has 0 bridgehead atoms. The lowest BCUT2D eigenvalue weighted by atomic mass is 10.0. The molecule has 0 unspecified atom stereocenters. The molecule has 0 spiro atoms. The summed E-state index contributed by atoms with van der Waals surface area (Å²) >= 11 is 0. The van der Waals surface area contributed by atoms with Gasteiger partial charge < -0.3 is 16.0 Å². The van der Waals surface area contributed by atoms with Crippen LogP contribution in [0.1, 0.15) is 22.5 Å². The van der Waals surface area contributed by atoms with Crippen molar-refractivity contribution < 1.29 is 18.0 Å². The smallest absolute Gasteiger partial charge is 0.257 e. The number of anilines is 5. The highest BCUT2D eigenvalue weighted by Crippen LogP contribution is 2.38. The van der Waals surface area contributed by atoms with Crippen LogP contribution < -0.4 is 20.3 Å². The third-order valence-electron chi connectivity index (χ3n) is 6.47. The minimum Gasteiger partial charge on any atom is -0.353 e. The number of nitrogens with zero attached hydrogens (tertiary/aromatic N) is 2. The first-order valence-electron chi connectivity index (χ1n) is 12.3. The molecule has 0 fully saturated rings. The number of amides is 2. The number of aryl methyl sites for hydroxylation is 1. The highest BCUT2D eigenvalue weighted by Gasteiger charge is 2.22. The summed E-state index contributed by atoms with van der Waals surface area (Å²) in [5.41, 5.74) is 5.59. The number of hydrogen-bond acceptors (Lipinski definition) is 6. The summed E-state index contributed by atoms with van der Waals surface area (Å²) in [6, 6.07) is 23.4. The molecule has 3 aromatic carbocycles. The molecule has 0 radical (unpaired) electrons. The van der Waals surface area contributed by atoms with Crippen LogP contribution in [0.2, 0.25) is 0 Å². The summed E-state index contributed by atoms with van der Waals surface area (Å²) < 4.78 is 25.6. The van der Waals surface area contributed by atoms with Crippen LogP contribution >= 0.6 is 0 Å². The van der Waals surface area contributed by atoms with E-state index < -0.39 is 10.0 Å². The zero-order valence-electron chi connectivity index (χ0n) is 21.4. The Labute approximate surface area is 226 Å². The molecule has 0 saturated carbocycles. The molecule has 1 aliphatic rings. The first-order valence-corrected chi connectivity index (χ1v) is 14.1. The van der Waals surface area contributed by atoms with Crippen molar-refractivity contribution >= 4 is 50.3 Å². The second-order valence-corrected chi connectivity index (χ2v) is 11.2. The van der Waals surface area contributed by atoms with Crippen molar-refractivity contribution in [2.24, 2.45) is 0 Å². The molecular weight excluding hydrogens is 514 g/mol. The Morgan fingerprint density at radius 1 is 0.897 bits per heavy atom. The molecule has 5 rings (SSSR count). The van der Waals surface area contributed by atoms with Gasteiger partial charge in [-0.25, -0.2) is 8.42 Å². The molecule has 9 nitrogen and oxygen atoms in total. The van der Waals surface area contributed by atoms with Crippen LogP contribution in [0.5, 0.6) is 0 Å². The van der Waals surface area contributed by atoms with Gasteiger partial charge in [0, 0.05) is 36.6 Å². The first kappa shape index (κ1) is 25.9. The topological polar surface area (TPSA) is 120 Å². The van der Waals surface area contributed by atoms with Crippen LogP contribution in [0.4, 0.5) is 28.4 Å². The van der Waals surface area contributed by atoms with Crippen molar-refractivity contribution in [1.82, 2.24) is 4.98 Å². The number of pyridine rings is 1. The van der Waals surface area contributed by atoms with Gasteiger partial charge in [-0.15, -0.1) is 0 Å². The van der Waals surface area contributed by atoms with Crippen LogP contribution in [0.25, 0.3) is 11.1 Å². The van der Waals surface area contributed by atoms with Crippen LogP contribution in [-0.4, -0.2) is 38.5 Å². The number of fused-ring (bicyclic) bond motifs is 2. The molecule has 0 saturated heterocycles. The molecule has 10 heteroatoms. The number of para-hydroxylation sites is 1. The van der Waals surface area contributed by atoms with Crippen molar-refractivity contribution in [2.45, 2.75) is 12.8 Å². The Bertz CT molecular complexity index is 1670. The molecule has 0 aliphatic carbocycles. The monoisotopic (exact) mass is 541 g/mol. The Balaban J connectivity index is 1.38. The van der Waals surface area contributed by atoms with Gasteiger partial charge in [-0.1, -0.05) is 30.3 Å². The second kappa shape index (κ2) is 10.6. The average Bonchev–Trinajstić information content (AvgIpc) is 3.06. The summed E-state index contributed by atoms with van der Waals surface area (Å²) in [6.45, 7) is 0. The van der Waals surface area contributed by atoms with E-state index in [9.17, 15) is 18.0 Å². The number of sulfonamides is 1. The Hall–Kier alpha value is -4.70. The summed E-state index contributed by atoms with van der Waals surface area (Å²) in [5, 5.41) is 9.10. The van der Waals surface area contributed by atoms with E-state index in [1.54, 1.807) is 48.7 Å². The van der Waals surface area contributed by atoms with Crippen molar-refractivity contribution in [3.8, 4) is 11.1 Å². The van der Waals surface area contributed by atoms with Gasteiger partial charge in [-0.2, -0.15) is 0 Å². The summed E-state index contributed by atoms with van der Waals surface area (Å²) in [5.74, 6) is -0.456. The minimum absolute atomic E-state index is 0.154. The third-order valence-corrected chi connectivity index (χ3v) is 7.66. The van der Waals surface area contributed by atoms with Crippen molar-refractivity contribution in [2.75, 3.05) is 33.6 Å². The molecule has 3 N–H and O–H groups in total. The molecule has 39 heavy (non-hydrogen) atoms. The van der Waals surface area contributed by atoms with E-state index in [1.165, 1.54) is 11.4 Å². The number of carbonyl (C=O) groups excluding carboxylic acids is 2. The largest absolute Gasteiger partial charge is 0.353 e. The van der Waals surface area contributed by atoms with Gasteiger partial charge in [-0.05, 0) is 60.5 Å². The minimum atomic E-state index is -3.47. The van der Waals surface area contributed by atoms with Crippen LogP contribution in [0.15, 0.2) is 85.1 Å². The number of aromatic nitrogens is 1. The van der Waals surface area contributed by atoms with E-state index >= 15 is 0 Å². The zero-order chi connectivity index (χ0) is 27.6. The third kappa shape index (κ3) is 5.75. The molecule has 1 aromatic heterocycles. The zero-order valence-corrected chi connectivity index (χ0v) is 22.2. The second-order valence-electron chi connectivity index (χ2n) is 9.22. The number of nitrogens with one attached hydrogen (secondary N) is 3. The normalized spacial score (nSPS) is 12.3. The highest BCUT2D eigenvalue weighted by atomic mass is 32.2. The molecule has 0 atom stereocenters. The number of rotatable bonds is 7. The van der Waals surface area contributed by atoms with Crippen molar-refractivity contribution in [1.29, 1.82) is 0 Å². The van der Waals surface area contributed by atoms with Gasteiger partial charge in [0.15, 0.2) is 0 Å². The summed E-state index contributed by atoms with van der Waals surface area (Å²) in [4.78, 5) is 29.8. The quantitative estimate of drug-likeness (QED) is 0.302. The lowest BCUT2D eigenvalue weighted by Crippen LogP contribution is -2.25. The van der Waals surface area contributed by atoms with Gasteiger partial charge in [0.2, 0.25) is 15.9 Å². The standard InChI is InChI=1S/C29H27N5O4S/c1-34(39(2,37)38)27-9-4-3-8-22(27)19-10-13-23-25(17-19)32-24-14-11-21(18-26(24)33-29(23)36)31-28(35)15-12-20-7-5-6-16-30-20/h3-11,13-14,16-18,32H,12,15H2,1-2H3,(H,31,35)(H,33,36). The Morgan fingerprint density at radius 2 is 1.69 bits per heavy atom.